The highest BCUT2D eigenvalue weighted by Crippen LogP contribution is 2.18. The molecule has 128 valence electrons. The number of carbonyl (C=O) groups excluding carboxylic acids is 1. The number of hydrogen-bond donors (Lipinski definition) is 3. The topological polar surface area (TPSA) is 95.5 Å². The van der Waals surface area contributed by atoms with Crippen molar-refractivity contribution in [2.24, 2.45) is 0 Å². The van der Waals surface area contributed by atoms with Gasteiger partial charge in [0.05, 0.1) is 16.8 Å². The molecular formula is C15H21ClN2O4S. The summed E-state index contributed by atoms with van der Waals surface area (Å²) in [6.45, 7) is 0.0339. The first-order valence-corrected chi connectivity index (χ1v) is 9.60. The zero-order valence-electron chi connectivity index (χ0n) is 12.7. The molecule has 3 N–H and O–H groups in total. The van der Waals surface area contributed by atoms with E-state index in [0.717, 1.165) is 12.8 Å². The second-order valence-corrected chi connectivity index (χ2v) is 8.22. The molecule has 0 atom stereocenters. The van der Waals surface area contributed by atoms with E-state index in [1.54, 1.807) is 0 Å². The van der Waals surface area contributed by atoms with Gasteiger partial charge in [-0.2, -0.15) is 0 Å². The molecule has 2 amide bonds. The standard InChI is InChI=1S/C15H21ClN2O4S/c16-11-1-7-14(8-2-11)23(21,22)10-9-17-15(20)18-12-3-5-13(19)6-4-12/h1-2,7-8,12-13,19H,3-6,9-10H2,(H2,17,18,20). The molecule has 0 aromatic heterocycles. The first-order chi connectivity index (χ1) is 10.9. The molecule has 0 spiro atoms. The van der Waals surface area contributed by atoms with E-state index >= 15 is 0 Å². The number of nitrogens with one attached hydrogen (secondary N) is 2. The van der Waals surface area contributed by atoms with Crippen LogP contribution in [0.5, 0.6) is 0 Å². The zero-order valence-corrected chi connectivity index (χ0v) is 14.2. The highest BCUT2D eigenvalue weighted by Gasteiger charge is 2.21. The van der Waals surface area contributed by atoms with Gasteiger partial charge in [0.1, 0.15) is 0 Å². The van der Waals surface area contributed by atoms with E-state index in [1.807, 2.05) is 0 Å². The molecule has 1 aromatic carbocycles. The Morgan fingerprint density at radius 3 is 2.39 bits per heavy atom. The van der Waals surface area contributed by atoms with E-state index in [0.29, 0.717) is 17.9 Å². The molecule has 8 heteroatoms. The van der Waals surface area contributed by atoms with Gasteiger partial charge in [-0.25, -0.2) is 13.2 Å². The van der Waals surface area contributed by atoms with Crippen LogP contribution in [0.4, 0.5) is 4.79 Å². The van der Waals surface area contributed by atoms with Gasteiger partial charge in [0.25, 0.3) is 0 Å². The third-order valence-electron chi connectivity index (χ3n) is 3.86. The van der Waals surface area contributed by atoms with E-state index < -0.39 is 9.84 Å². The maximum atomic E-state index is 12.1. The molecular weight excluding hydrogens is 340 g/mol. The molecule has 6 nitrogen and oxygen atoms in total. The summed E-state index contributed by atoms with van der Waals surface area (Å²) >= 11 is 5.73. The van der Waals surface area contributed by atoms with Gasteiger partial charge in [0, 0.05) is 17.6 Å². The highest BCUT2D eigenvalue weighted by molar-refractivity contribution is 7.91. The van der Waals surface area contributed by atoms with Crippen molar-refractivity contribution in [2.75, 3.05) is 12.3 Å². The van der Waals surface area contributed by atoms with Gasteiger partial charge < -0.3 is 15.7 Å². The molecule has 1 aliphatic carbocycles. The van der Waals surface area contributed by atoms with Crippen molar-refractivity contribution in [1.29, 1.82) is 0 Å². The lowest BCUT2D eigenvalue weighted by Crippen LogP contribution is -2.45. The maximum absolute atomic E-state index is 12.1. The summed E-state index contributed by atoms with van der Waals surface area (Å²) < 4.78 is 24.2. The summed E-state index contributed by atoms with van der Waals surface area (Å²) in [4.78, 5) is 11.9. The van der Waals surface area contributed by atoms with Gasteiger partial charge in [0.15, 0.2) is 9.84 Å². The van der Waals surface area contributed by atoms with Gasteiger partial charge >= 0.3 is 6.03 Å². The van der Waals surface area contributed by atoms with Gasteiger partial charge in [-0.3, -0.25) is 0 Å². The summed E-state index contributed by atoms with van der Waals surface area (Å²) in [6.07, 6.45) is 2.54. The molecule has 0 heterocycles. The lowest BCUT2D eigenvalue weighted by Gasteiger charge is -2.26. The van der Waals surface area contributed by atoms with Crippen molar-refractivity contribution in [1.82, 2.24) is 10.6 Å². The van der Waals surface area contributed by atoms with Crippen LogP contribution in [0.15, 0.2) is 29.2 Å². The third kappa shape index (κ3) is 5.67. The molecule has 1 aromatic rings. The van der Waals surface area contributed by atoms with Crippen LogP contribution in [0.1, 0.15) is 25.7 Å². The Morgan fingerprint density at radius 1 is 1.17 bits per heavy atom. The third-order valence-corrected chi connectivity index (χ3v) is 5.84. The predicted molar refractivity (Wildman–Crippen MR) is 88.3 cm³/mol. The Labute approximate surface area is 141 Å². The SMILES string of the molecule is O=C(NCCS(=O)(=O)c1ccc(Cl)cc1)NC1CCC(O)CC1. The highest BCUT2D eigenvalue weighted by atomic mass is 35.5. The molecule has 1 saturated carbocycles. The maximum Gasteiger partial charge on any atom is 0.315 e. The van der Waals surface area contributed by atoms with Crippen LogP contribution in [-0.2, 0) is 9.84 Å². The smallest absolute Gasteiger partial charge is 0.315 e. The minimum Gasteiger partial charge on any atom is -0.393 e. The van der Waals surface area contributed by atoms with E-state index in [-0.39, 0.29) is 35.4 Å². The molecule has 2 rings (SSSR count). The number of carbonyl (C=O) groups is 1. The van der Waals surface area contributed by atoms with Crippen LogP contribution >= 0.6 is 11.6 Å². The second-order valence-electron chi connectivity index (χ2n) is 5.68. The molecule has 23 heavy (non-hydrogen) atoms. The summed E-state index contributed by atoms with van der Waals surface area (Å²) in [5, 5.41) is 15.2. The quantitative estimate of drug-likeness (QED) is 0.745. The Hall–Kier alpha value is -1.31. The number of aliphatic hydroxyl groups is 1. The van der Waals surface area contributed by atoms with Crippen LogP contribution in [0.25, 0.3) is 0 Å². The van der Waals surface area contributed by atoms with E-state index in [4.69, 9.17) is 11.6 Å². The molecule has 0 bridgehead atoms. The van der Waals surface area contributed by atoms with Crippen LogP contribution < -0.4 is 10.6 Å². The summed E-state index contributed by atoms with van der Waals surface area (Å²) in [5.41, 5.74) is 0. The summed E-state index contributed by atoms with van der Waals surface area (Å²) in [7, 11) is -3.45. The summed E-state index contributed by atoms with van der Waals surface area (Å²) in [5.74, 6) is -0.175. The number of halogens is 1. The number of amides is 2. The average Bonchev–Trinajstić information content (AvgIpc) is 2.50. The Morgan fingerprint density at radius 2 is 1.78 bits per heavy atom. The number of aliphatic hydroxyl groups excluding tert-OH is 1. The van der Waals surface area contributed by atoms with Crippen molar-refractivity contribution in [3.63, 3.8) is 0 Å². The van der Waals surface area contributed by atoms with Gasteiger partial charge in [-0.05, 0) is 49.9 Å². The fraction of sp³-hybridized carbons (Fsp3) is 0.533. The van der Waals surface area contributed by atoms with Crippen LogP contribution in [-0.4, -0.2) is 44.0 Å². The van der Waals surface area contributed by atoms with Gasteiger partial charge in [0.2, 0.25) is 0 Å². The van der Waals surface area contributed by atoms with Crippen molar-refractivity contribution < 1.29 is 18.3 Å². The van der Waals surface area contributed by atoms with Gasteiger partial charge in [-0.15, -0.1) is 0 Å². The van der Waals surface area contributed by atoms with Crippen LogP contribution in [0.2, 0.25) is 5.02 Å². The number of urea groups is 1. The fourth-order valence-corrected chi connectivity index (χ4v) is 3.80. The average molecular weight is 361 g/mol. The van der Waals surface area contributed by atoms with Crippen molar-refractivity contribution in [2.45, 2.75) is 42.7 Å². The Kier molecular flexibility index (Phi) is 6.26. The number of rotatable bonds is 5. The van der Waals surface area contributed by atoms with Gasteiger partial charge in [-0.1, -0.05) is 11.6 Å². The normalized spacial score (nSPS) is 21.7. The minimum absolute atomic E-state index is 0.0336. The lowest BCUT2D eigenvalue weighted by atomic mass is 9.93. The van der Waals surface area contributed by atoms with E-state index in [2.05, 4.69) is 10.6 Å². The molecule has 0 saturated heterocycles. The van der Waals surface area contributed by atoms with Crippen molar-refractivity contribution in [3.05, 3.63) is 29.3 Å². The van der Waals surface area contributed by atoms with Crippen LogP contribution in [0.3, 0.4) is 0 Å². The first-order valence-electron chi connectivity index (χ1n) is 7.57. The number of sulfone groups is 1. The fourth-order valence-electron chi connectivity index (χ4n) is 2.52. The minimum atomic E-state index is -3.45. The van der Waals surface area contributed by atoms with Crippen molar-refractivity contribution >= 4 is 27.5 Å². The summed E-state index contributed by atoms with van der Waals surface area (Å²) in [6, 6.07) is 5.60. The molecule has 0 aliphatic heterocycles. The monoisotopic (exact) mass is 360 g/mol. The number of hydrogen-bond acceptors (Lipinski definition) is 4. The number of benzene rings is 1. The lowest BCUT2D eigenvalue weighted by molar-refractivity contribution is 0.117. The molecule has 1 aliphatic rings. The zero-order chi connectivity index (χ0) is 16.9. The molecule has 0 unspecified atom stereocenters. The molecule has 0 radical (unpaired) electrons. The van der Waals surface area contributed by atoms with E-state index in [9.17, 15) is 18.3 Å². The predicted octanol–water partition coefficient (Wildman–Crippen LogP) is 1.72. The largest absolute Gasteiger partial charge is 0.393 e. The van der Waals surface area contributed by atoms with Crippen molar-refractivity contribution in [3.8, 4) is 0 Å². The second kappa shape index (κ2) is 7.99. The first kappa shape index (κ1) is 18.0. The Bertz CT molecular complexity index is 625. The molecule has 1 fully saturated rings. The van der Waals surface area contributed by atoms with E-state index in [1.165, 1.54) is 24.3 Å². The Balaban J connectivity index is 1.75. The van der Waals surface area contributed by atoms with Crippen LogP contribution in [0, 0.1) is 0 Å².